The Hall–Kier alpha value is -2.21. The number of thiophene rings is 1. The third kappa shape index (κ3) is 3.33. The van der Waals surface area contributed by atoms with Crippen molar-refractivity contribution in [3.63, 3.8) is 0 Å². The van der Waals surface area contributed by atoms with E-state index in [9.17, 15) is 19.1 Å². The highest BCUT2D eigenvalue weighted by Crippen LogP contribution is 2.22. The van der Waals surface area contributed by atoms with Crippen molar-refractivity contribution in [3.8, 4) is 0 Å². The number of halogens is 1. The second-order valence-corrected chi connectivity index (χ2v) is 6.36. The monoisotopic (exact) mass is 321 g/mol. The number of carbonyl (C=O) groups excluding carboxylic acids is 1. The van der Waals surface area contributed by atoms with Crippen LogP contribution < -0.4 is 5.32 Å². The van der Waals surface area contributed by atoms with Crippen LogP contribution in [0.15, 0.2) is 24.3 Å². The van der Waals surface area contributed by atoms with Gasteiger partial charge in [0.1, 0.15) is 5.82 Å². The van der Waals surface area contributed by atoms with Crippen molar-refractivity contribution in [2.75, 3.05) is 0 Å². The molecule has 1 unspecified atom stereocenters. The van der Waals surface area contributed by atoms with Crippen molar-refractivity contribution < 1.29 is 19.1 Å². The van der Waals surface area contributed by atoms with Crippen LogP contribution in [0.2, 0.25) is 0 Å². The molecule has 22 heavy (non-hydrogen) atoms. The average Bonchev–Trinajstić information content (AvgIpc) is 2.79. The number of hydrogen-bond donors (Lipinski definition) is 2. The zero-order chi connectivity index (χ0) is 16.4. The molecule has 1 amide bonds. The molecule has 6 heteroatoms. The highest BCUT2D eigenvalue weighted by atomic mass is 32.1. The van der Waals surface area contributed by atoms with Gasteiger partial charge in [-0.1, -0.05) is 12.1 Å². The van der Waals surface area contributed by atoms with Gasteiger partial charge in [0.25, 0.3) is 5.91 Å². The first-order chi connectivity index (χ1) is 10.3. The van der Waals surface area contributed by atoms with Gasteiger partial charge in [0.2, 0.25) is 0 Å². The highest BCUT2D eigenvalue weighted by molar-refractivity contribution is 7.14. The summed E-state index contributed by atoms with van der Waals surface area (Å²) in [5.41, 5.74) is 1.66. The molecule has 0 bridgehead atoms. The minimum atomic E-state index is -1.21. The molecule has 0 radical (unpaired) electrons. The lowest BCUT2D eigenvalue weighted by Gasteiger charge is -2.15. The number of hydrogen-bond acceptors (Lipinski definition) is 3. The van der Waals surface area contributed by atoms with Crippen LogP contribution in [0.4, 0.5) is 4.39 Å². The summed E-state index contributed by atoms with van der Waals surface area (Å²) in [6.07, 6.45) is 0. The van der Waals surface area contributed by atoms with Crippen LogP contribution in [-0.2, 0) is 4.79 Å². The number of aliphatic carboxylic acids is 1. The molecule has 0 fully saturated rings. The van der Waals surface area contributed by atoms with Crippen LogP contribution in [-0.4, -0.2) is 17.0 Å². The number of rotatable bonds is 4. The van der Waals surface area contributed by atoms with Crippen molar-refractivity contribution >= 4 is 23.2 Å². The first-order valence-corrected chi connectivity index (χ1v) is 7.48. The molecule has 0 aliphatic carbocycles. The van der Waals surface area contributed by atoms with E-state index in [-0.39, 0.29) is 0 Å². The maximum atomic E-state index is 13.3. The fourth-order valence-electron chi connectivity index (χ4n) is 2.02. The van der Waals surface area contributed by atoms with Crippen LogP contribution in [0.5, 0.6) is 0 Å². The summed E-state index contributed by atoms with van der Waals surface area (Å²) in [6, 6.07) is 4.51. The van der Waals surface area contributed by atoms with E-state index in [1.165, 1.54) is 29.5 Å². The molecule has 0 aliphatic rings. The first-order valence-electron chi connectivity index (χ1n) is 6.66. The lowest BCUT2D eigenvalue weighted by atomic mass is 10.0. The fraction of sp³-hybridized carbons (Fsp3) is 0.250. The van der Waals surface area contributed by atoms with Crippen LogP contribution >= 0.6 is 11.3 Å². The standard InChI is InChI=1S/C16H16FNO3S/c1-8-7-13(22-10(8)3)15(19)18-14(16(20)21)11-4-5-12(17)9(2)6-11/h4-7,14H,1-3H3,(H,18,19)(H,20,21). The van der Waals surface area contributed by atoms with E-state index in [1.807, 2.05) is 13.8 Å². The van der Waals surface area contributed by atoms with Gasteiger partial charge in [0, 0.05) is 4.88 Å². The predicted molar refractivity (Wildman–Crippen MR) is 82.8 cm³/mol. The highest BCUT2D eigenvalue weighted by Gasteiger charge is 2.24. The van der Waals surface area contributed by atoms with Gasteiger partial charge in [-0.15, -0.1) is 11.3 Å². The van der Waals surface area contributed by atoms with Gasteiger partial charge in [0.05, 0.1) is 4.88 Å². The average molecular weight is 321 g/mol. The summed E-state index contributed by atoms with van der Waals surface area (Å²) in [5.74, 6) is -2.05. The molecule has 0 saturated carbocycles. The van der Waals surface area contributed by atoms with E-state index in [1.54, 1.807) is 13.0 Å². The number of amides is 1. The van der Waals surface area contributed by atoms with Crippen molar-refractivity contribution in [2.24, 2.45) is 0 Å². The fourth-order valence-corrected chi connectivity index (χ4v) is 2.96. The van der Waals surface area contributed by atoms with Crippen LogP contribution in [0.1, 0.15) is 37.3 Å². The topological polar surface area (TPSA) is 66.4 Å². The summed E-state index contributed by atoms with van der Waals surface area (Å²) < 4.78 is 13.3. The Morgan fingerprint density at radius 2 is 1.86 bits per heavy atom. The molecule has 0 saturated heterocycles. The minimum absolute atomic E-state index is 0.334. The molecule has 1 heterocycles. The summed E-state index contributed by atoms with van der Waals surface area (Å²) in [5, 5.41) is 11.8. The Morgan fingerprint density at radius 3 is 2.36 bits per heavy atom. The molecule has 0 aliphatic heterocycles. The maximum Gasteiger partial charge on any atom is 0.330 e. The normalized spacial score (nSPS) is 12.0. The lowest BCUT2D eigenvalue weighted by molar-refractivity contribution is -0.139. The van der Waals surface area contributed by atoms with Gasteiger partial charge in [-0.2, -0.15) is 0 Å². The van der Waals surface area contributed by atoms with Gasteiger partial charge in [-0.3, -0.25) is 4.79 Å². The molecule has 0 spiro atoms. The molecule has 2 N–H and O–H groups in total. The predicted octanol–water partition coefficient (Wildman–Crippen LogP) is 3.37. The SMILES string of the molecule is Cc1cc(C(NC(=O)c2cc(C)c(C)s2)C(=O)O)ccc1F. The Balaban J connectivity index is 2.27. The smallest absolute Gasteiger partial charge is 0.330 e. The number of carboxylic acids is 1. The number of nitrogens with one attached hydrogen (secondary N) is 1. The van der Waals surface area contributed by atoms with E-state index in [2.05, 4.69) is 5.32 Å². The number of carboxylic acid groups (broad SMARTS) is 1. The van der Waals surface area contributed by atoms with Gasteiger partial charge >= 0.3 is 5.97 Å². The van der Waals surface area contributed by atoms with Gasteiger partial charge in [0.15, 0.2) is 6.04 Å². The second-order valence-electron chi connectivity index (χ2n) is 5.10. The third-order valence-electron chi connectivity index (χ3n) is 3.43. The molecule has 4 nitrogen and oxygen atoms in total. The van der Waals surface area contributed by atoms with Crippen molar-refractivity contribution in [1.29, 1.82) is 0 Å². The van der Waals surface area contributed by atoms with Gasteiger partial charge in [-0.05, 0) is 49.6 Å². The molecule has 2 rings (SSSR count). The van der Waals surface area contributed by atoms with E-state index in [0.29, 0.717) is 16.0 Å². The molecule has 116 valence electrons. The van der Waals surface area contributed by atoms with Crippen LogP contribution in [0.3, 0.4) is 0 Å². The van der Waals surface area contributed by atoms with E-state index >= 15 is 0 Å². The van der Waals surface area contributed by atoms with Crippen LogP contribution in [0.25, 0.3) is 0 Å². The lowest BCUT2D eigenvalue weighted by Crippen LogP contribution is -2.33. The van der Waals surface area contributed by atoms with Gasteiger partial charge < -0.3 is 10.4 Å². The first kappa shape index (κ1) is 16.2. The summed E-state index contributed by atoms with van der Waals surface area (Å²) in [4.78, 5) is 25.1. The summed E-state index contributed by atoms with van der Waals surface area (Å²) in [6.45, 7) is 5.33. The number of benzene rings is 1. The molecular formula is C16H16FNO3S. The quantitative estimate of drug-likeness (QED) is 0.907. The van der Waals surface area contributed by atoms with Crippen LogP contribution in [0, 0.1) is 26.6 Å². The maximum absolute atomic E-state index is 13.3. The minimum Gasteiger partial charge on any atom is -0.479 e. The Kier molecular flexibility index (Phi) is 4.61. The molecule has 1 aromatic carbocycles. The number of carbonyl (C=O) groups is 2. The Labute approximate surface area is 131 Å². The van der Waals surface area contributed by atoms with E-state index in [0.717, 1.165) is 10.4 Å². The largest absolute Gasteiger partial charge is 0.479 e. The zero-order valence-electron chi connectivity index (χ0n) is 12.4. The molecule has 2 aromatic rings. The Bertz CT molecular complexity index is 719. The van der Waals surface area contributed by atoms with Crippen molar-refractivity contribution in [2.45, 2.75) is 26.8 Å². The zero-order valence-corrected chi connectivity index (χ0v) is 13.3. The summed E-state index contributed by atoms with van der Waals surface area (Å²) in [7, 11) is 0. The number of aryl methyl sites for hydroxylation is 3. The molecule has 1 aromatic heterocycles. The van der Waals surface area contributed by atoms with E-state index < -0.39 is 23.7 Å². The molecule has 1 atom stereocenters. The third-order valence-corrected chi connectivity index (χ3v) is 4.58. The van der Waals surface area contributed by atoms with Crippen molar-refractivity contribution in [3.05, 3.63) is 56.5 Å². The summed E-state index contributed by atoms with van der Waals surface area (Å²) >= 11 is 1.31. The van der Waals surface area contributed by atoms with Crippen molar-refractivity contribution in [1.82, 2.24) is 5.32 Å². The Morgan fingerprint density at radius 1 is 1.18 bits per heavy atom. The van der Waals surface area contributed by atoms with E-state index in [4.69, 9.17) is 0 Å². The molecular weight excluding hydrogens is 305 g/mol. The van der Waals surface area contributed by atoms with Gasteiger partial charge in [-0.25, -0.2) is 9.18 Å². The second kappa shape index (κ2) is 6.27.